The second kappa shape index (κ2) is 12.8. The summed E-state index contributed by atoms with van der Waals surface area (Å²) in [4.78, 5) is 0. The molecule has 5 nitrogen and oxygen atoms in total. The van der Waals surface area contributed by atoms with Crippen LogP contribution in [0.3, 0.4) is 0 Å². The van der Waals surface area contributed by atoms with Crippen molar-refractivity contribution in [2.24, 2.45) is 0 Å². The van der Waals surface area contributed by atoms with Crippen LogP contribution in [-0.4, -0.2) is 97.2 Å². The lowest BCUT2D eigenvalue weighted by Gasteiger charge is -2.39. The Morgan fingerprint density at radius 3 is 0.939 bits per heavy atom. The van der Waals surface area contributed by atoms with Crippen LogP contribution in [0.5, 0.6) is 0 Å². The van der Waals surface area contributed by atoms with Crippen LogP contribution in [0.4, 0.5) is 127 Å². The van der Waals surface area contributed by atoms with Crippen LogP contribution in [0.2, 0.25) is 0 Å². The van der Waals surface area contributed by atoms with Gasteiger partial charge in [-0.05, 0) is 0 Å². The Balaban J connectivity index is 0. The topological polar surface area (TPSA) is 72.8 Å². The predicted octanol–water partition coefficient (Wildman–Crippen LogP) is 8.76. The van der Waals surface area contributed by atoms with Gasteiger partial charge in [-0.15, -0.1) is 0 Å². The molecule has 0 aliphatic carbocycles. The van der Waals surface area contributed by atoms with Crippen LogP contribution in [0.15, 0.2) is 0 Å². The molecule has 0 aliphatic rings. The summed E-state index contributed by atoms with van der Waals surface area (Å²) >= 11 is 0. The summed E-state index contributed by atoms with van der Waals surface area (Å²) in [7, 11) is -7.17. The van der Waals surface area contributed by atoms with E-state index in [-0.39, 0.29) is 0 Å². The minimum absolute atomic E-state index is 1.10. The van der Waals surface area contributed by atoms with Crippen LogP contribution < -0.4 is 0 Å². The van der Waals surface area contributed by atoms with Gasteiger partial charge in [-0.2, -0.15) is 131 Å². The first-order chi connectivity index (χ1) is 20.5. The van der Waals surface area contributed by atoms with Crippen molar-refractivity contribution in [2.75, 3.05) is 6.67 Å². The van der Waals surface area contributed by atoms with E-state index in [1.165, 1.54) is 4.74 Å². The van der Waals surface area contributed by atoms with E-state index in [1.807, 2.05) is 0 Å². The molecule has 0 radical (unpaired) electrons. The lowest BCUT2D eigenvalue weighted by atomic mass is 9.98. The largest absolute Gasteiger partial charge is 0.483 e. The van der Waals surface area contributed by atoms with Gasteiger partial charge in [0.25, 0.3) is 0 Å². The second-order valence-corrected chi connectivity index (χ2v) is 9.43. The molecule has 0 unspecified atom stereocenters. The Labute approximate surface area is 245 Å². The lowest BCUT2D eigenvalue weighted by molar-refractivity contribution is -0.555. The van der Waals surface area contributed by atoms with Crippen molar-refractivity contribution in [3.05, 3.63) is 0 Å². The highest BCUT2D eigenvalue weighted by atomic mass is 32.2. The Bertz CT molecular complexity index is 1240. The van der Waals surface area contributed by atoms with Gasteiger partial charge < -0.3 is 0 Å². The van der Waals surface area contributed by atoms with Crippen molar-refractivity contribution in [1.82, 2.24) is 0 Å². The molecule has 0 bridgehead atoms. The first-order valence-corrected chi connectivity index (χ1v) is 11.1. The molecule has 0 aliphatic heterocycles. The van der Waals surface area contributed by atoms with E-state index in [1.54, 1.807) is 0 Å². The monoisotopic (exact) mass is 834 g/mol. The molecule has 0 aromatic heterocycles. The quantitative estimate of drug-likeness (QED) is 0.149. The van der Waals surface area contributed by atoms with Crippen LogP contribution in [-0.2, 0) is 19.6 Å². The maximum atomic E-state index is 13.1. The van der Waals surface area contributed by atoms with Gasteiger partial charge in [-0.25, -0.2) is 13.9 Å². The molecule has 1 N–H and O–H groups in total. The number of rotatable bonds is 13. The molecule has 0 heterocycles. The third-order valence-corrected chi connectivity index (χ3v) is 5.31. The summed E-state index contributed by atoms with van der Waals surface area (Å²) in [6, 6.07) is 0. The van der Waals surface area contributed by atoms with Gasteiger partial charge in [0.15, 0.2) is 6.67 Å². The molecule has 0 atom stereocenters. The summed E-state index contributed by atoms with van der Waals surface area (Å²) in [5, 5.41) is -7.00. The third-order valence-electron chi connectivity index (χ3n) is 4.40. The molecule has 49 heavy (non-hydrogen) atoms. The first-order valence-electron chi connectivity index (χ1n) is 9.70. The summed E-state index contributed by atoms with van der Waals surface area (Å²) in [5.74, 6) is -46.2. The van der Waals surface area contributed by atoms with E-state index in [0.717, 1.165) is 4.74 Å². The van der Waals surface area contributed by atoms with Crippen molar-refractivity contribution in [3.63, 3.8) is 0 Å². The highest BCUT2D eigenvalue weighted by Crippen LogP contribution is 2.59. The number of hydrogen-bond donors (Lipinski definition) is 1. The molecule has 35 heteroatoms. The Morgan fingerprint density at radius 1 is 0.388 bits per heavy atom. The number of hydrogen-bond acceptors (Lipinski definition) is 4. The van der Waals surface area contributed by atoms with Crippen LogP contribution in [0.1, 0.15) is 0 Å². The molecule has 0 amide bonds. The zero-order chi connectivity index (χ0) is 41.1. The van der Waals surface area contributed by atoms with Crippen molar-refractivity contribution < 1.29 is 150 Å². The second-order valence-electron chi connectivity index (χ2n) is 7.97. The van der Waals surface area contributed by atoms with E-state index < -0.39 is 94.4 Å². The summed E-state index contributed by atoms with van der Waals surface area (Å²) < 4.78 is 388. The molecule has 0 fully saturated rings. The summed E-state index contributed by atoms with van der Waals surface area (Å²) in [5.41, 5.74) is 0. The van der Waals surface area contributed by atoms with Crippen LogP contribution in [0.25, 0.3) is 0 Å². The highest BCUT2D eigenvalue weighted by molar-refractivity contribution is 7.87. The minimum atomic E-state index is -8.39. The molecule has 0 saturated carbocycles. The van der Waals surface area contributed by atoms with Gasteiger partial charge in [0.1, 0.15) is 0 Å². The van der Waals surface area contributed by atoms with Crippen molar-refractivity contribution in [2.45, 2.75) is 77.6 Å². The molecule has 0 aromatic rings. The van der Waals surface area contributed by atoms with E-state index in [9.17, 15) is 136 Å². The Kier molecular flexibility index (Phi) is 12.8. The Morgan fingerprint density at radius 2 is 0.694 bits per heavy atom. The molecular formula is C14H3F29O5S. The maximum Gasteiger partial charge on any atom is 0.483 e. The molecule has 0 spiro atoms. The van der Waals surface area contributed by atoms with Crippen molar-refractivity contribution in [1.29, 1.82) is 0 Å². The number of ether oxygens (including phenoxy) is 2. The van der Waals surface area contributed by atoms with E-state index >= 15 is 0 Å². The van der Waals surface area contributed by atoms with Crippen LogP contribution >= 0.6 is 0 Å². The van der Waals surface area contributed by atoms with Crippen molar-refractivity contribution in [3.8, 4) is 0 Å². The van der Waals surface area contributed by atoms with Crippen molar-refractivity contribution >= 4 is 10.1 Å². The van der Waals surface area contributed by atoms with Gasteiger partial charge in [-0.3, -0.25) is 4.55 Å². The predicted molar refractivity (Wildman–Crippen MR) is 86.2 cm³/mol. The number of halogens is 29. The highest BCUT2D eigenvalue weighted by Gasteiger charge is 2.89. The van der Waals surface area contributed by atoms with Gasteiger partial charge in [-0.1, -0.05) is 0 Å². The molecular weight excluding hydrogens is 831 g/mol. The molecule has 0 rings (SSSR count). The van der Waals surface area contributed by atoms with Gasteiger partial charge in [0.2, 0.25) is 0 Å². The maximum absolute atomic E-state index is 13.1. The van der Waals surface area contributed by atoms with Gasteiger partial charge in [0, 0.05) is 0 Å². The lowest BCUT2D eigenvalue weighted by Crippen LogP contribution is -2.69. The zero-order valence-electron chi connectivity index (χ0n) is 20.7. The van der Waals surface area contributed by atoms with E-state index in [4.69, 9.17) is 4.55 Å². The summed E-state index contributed by atoms with van der Waals surface area (Å²) in [6.45, 7) is -3.95. The smallest absolute Gasteiger partial charge is 0.281 e. The fraction of sp³-hybridized carbons (Fsp3) is 1.00. The molecule has 0 aromatic carbocycles. The fourth-order valence-corrected chi connectivity index (χ4v) is 2.23. The fourth-order valence-electron chi connectivity index (χ4n) is 1.78. The van der Waals surface area contributed by atoms with E-state index in [0.29, 0.717) is 0 Å². The first kappa shape index (κ1) is 48.9. The van der Waals surface area contributed by atoms with Gasteiger partial charge in [0.05, 0.1) is 0 Å². The Hall–Kier alpha value is -2.20. The SMILES string of the molecule is FCC(F)(F)C(F)(F)C(F)(F)C(F)(F)C(F)(F)OC(F)(F)C(F)(F)OC(F)(F)C(F)(F)F.O=S(=O)(O)C(F)(F)C(F)(F)C(F)(F)C(F)(F)F. The average molecular weight is 834 g/mol. The number of alkyl halides is 29. The molecule has 298 valence electrons. The normalized spacial score (nSPS) is 16.4. The standard InChI is InChI=1S/C10H2F20O2.C4HF9O3S/c11-1-2(12,13)3(14,15)4(16,17)5(18,19)7(23,24)31-9(27,28)10(29,30)32-8(25,26)6(20,21)22;5-1(6,3(9,10)11)2(7,8)4(12,13)17(14,15)16/h1H2;(H,14,15,16). The van der Waals surface area contributed by atoms with E-state index in [2.05, 4.69) is 0 Å². The van der Waals surface area contributed by atoms with Gasteiger partial charge >= 0.3 is 87.7 Å². The molecule has 0 saturated heterocycles. The average Bonchev–Trinajstić information content (AvgIpc) is 2.80. The zero-order valence-corrected chi connectivity index (χ0v) is 21.5. The summed E-state index contributed by atoms with van der Waals surface area (Å²) in [6.07, 6.45) is -45.6. The van der Waals surface area contributed by atoms with Crippen LogP contribution in [0, 0.1) is 0 Å². The third kappa shape index (κ3) is 8.31. The minimum Gasteiger partial charge on any atom is -0.281 e.